The minimum absolute atomic E-state index is 0.753. The summed E-state index contributed by atoms with van der Waals surface area (Å²) >= 11 is 0. The van der Waals surface area contributed by atoms with E-state index in [4.69, 9.17) is 13.9 Å². The summed E-state index contributed by atoms with van der Waals surface area (Å²) in [6.07, 6.45) is 9.59. The van der Waals surface area contributed by atoms with Crippen LogP contribution in [0, 0.1) is 0 Å². The molecule has 0 bridgehead atoms. The van der Waals surface area contributed by atoms with Gasteiger partial charge in [-0.05, 0) is 131 Å². The van der Waals surface area contributed by atoms with E-state index in [1.54, 1.807) is 6.08 Å². The van der Waals surface area contributed by atoms with E-state index in [0.29, 0.717) is 0 Å². The van der Waals surface area contributed by atoms with Crippen LogP contribution in [0.4, 0.5) is 17.1 Å². The molecule has 0 aliphatic heterocycles. The van der Waals surface area contributed by atoms with E-state index in [-0.39, 0.29) is 0 Å². The van der Waals surface area contributed by atoms with Gasteiger partial charge in [0.25, 0.3) is 0 Å². The van der Waals surface area contributed by atoms with E-state index >= 15 is 0 Å². The van der Waals surface area contributed by atoms with Gasteiger partial charge in [-0.25, -0.2) is 0 Å². The largest absolute Gasteiger partial charge is 0.516 e. The zero-order chi connectivity index (χ0) is 41.8. The lowest BCUT2D eigenvalue weighted by molar-refractivity contribution is 0.306. The third-order valence-corrected chi connectivity index (χ3v) is 11.1. The Morgan fingerprint density at radius 1 is 0.459 bits per heavy atom. The molecule has 0 spiro atoms. The number of hydrogen-bond donors (Lipinski definition) is 1. The van der Waals surface area contributed by atoms with Crippen molar-refractivity contribution in [1.29, 1.82) is 0 Å². The first-order valence-electron chi connectivity index (χ1n) is 21.6. The maximum absolute atomic E-state index is 9.18. The molecule has 0 amide bonds. The smallest absolute Gasteiger partial charge is 0.135 e. The van der Waals surface area contributed by atoms with Crippen molar-refractivity contribution >= 4 is 34.1 Å². The standard InChI is InChI=1S/C56H53NO4/c1-3-5-7-37-59-53-31-21-46(22-32-53)44-17-27-51(28-18-44)57(52-29-19-45(20-30-52)47-23-33-54(34-24-47)60-38-8-6-4-2)50-25-15-43(16-26-50)42-11-13-48(14-12-42)56-40-49-10-9-41(35-36-58)39-55(49)61-56/h9-36,39-40,58H,3-8,37-38H2,1-2H3/b36-35-. The van der Waals surface area contributed by atoms with E-state index in [1.807, 2.05) is 18.2 Å². The number of furan rings is 1. The van der Waals surface area contributed by atoms with Gasteiger partial charge in [0.2, 0.25) is 0 Å². The molecule has 8 aromatic rings. The Morgan fingerprint density at radius 3 is 1.26 bits per heavy atom. The van der Waals surface area contributed by atoms with E-state index in [9.17, 15) is 5.11 Å². The molecule has 1 heterocycles. The van der Waals surface area contributed by atoms with Gasteiger partial charge in [0.15, 0.2) is 0 Å². The van der Waals surface area contributed by atoms with Crippen LogP contribution in [0.25, 0.3) is 61.7 Å². The normalized spacial score (nSPS) is 11.3. The highest BCUT2D eigenvalue weighted by molar-refractivity contribution is 5.85. The SMILES string of the molecule is CCCCCOc1ccc(-c2ccc(N(c3ccc(-c4ccc(OCCCCC)cc4)cc3)c3ccc(-c4ccc(-c5cc6ccc(/C=C\O)cc6o5)cc4)cc3)cc2)cc1. The second kappa shape index (κ2) is 19.8. The Hall–Kier alpha value is -6.98. The molecule has 5 nitrogen and oxygen atoms in total. The number of ether oxygens (including phenoxy) is 2. The Kier molecular flexibility index (Phi) is 13.3. The van der Waals surface area contributed by atoms with Gasteiger partial charge in [-0.1, -0.05) is 137 Å². The van der Waals surface area contributed by atoms with Gasteiger partial charge in [-0.2, -0.15) is 0 Å². The van der Waals surface area contributed by atoms with Crippen LogP contribution in [0.5, 0.6) is 11.5 Å². The third-order valence-electron chi connectivity index (χ3n) is 11.1. The summed E-state index contributed by atoms with van der Waals surface area (Å²) in [4.78, 5) is 2.31. The first kappa shape index (κ1) is 40.8. The Labute approximate surface area is 360 Å². The third kappa shape index (κ3) is 10.1. The molecular weight excluding hydrogens is 751 g/mol. The molecule has 0 radical (unpaired) electrons. The number of unbranched alkanes of at least 4 members (excludes halogenated alkanes) is 4. The van der Waals surface area contributed by atoms with Gasteiger partial charge in [0.05, 0.1) is 19.5 Å². The molecule has 0 aliphatic carbocycles. The second-order valence-corrected chi connectivity index (χ2v) is 15.4. The highest BCUT2D eigenvalue weighted by Gasteiger charge is 2.15. The molecule has 0 saturated heterocycles. The molecule has 0 saturated carbocycles. The molecule has 0 unspecified atom stereocenters. The van der Waals surface area contributed by atoms with Crippen molar-refractivity contribution in [2.24, 2.45) is 0 Å². The fraction of sp³-hybridized carbons (Fsp3) is 0.179. The van der Waals surface area contributed by atoms with E-state index in [1.165, 1.54) is 25.7 Å². The number of rotatable bonds is 18. The van der Waals surface area contributed by atoms with Gasteiger partial charge >= 0.3 is 0 Å². The number of aliphatic hydroxyl groups excluding tert-OH is 1. The van der Waals surface area contributed by atoms with Gasteiger partial charge in [-0.15, -0.1) is 0 Å². The number of anilines is 3. The fourth-order valence-corrected chi connectivity index (χ4v) is 7.63. The molecule has 5 heteroatoms. The summed E-state index contributed by atoms with van der Waals surface area (Å²) in [5, 5.41) is 10.2. The van der Waals surface area contributed by atoms with Crippen LogP contribution >= 0.6 is 0 Å². The van der Waals surface area contributed by atoms with Gasteiger partial charge in [0.1, 0.15) is 22.8 Å². The predicted molar refractivity (Wildman–Crippen MR) is 254 cm³/mol. The minimum Gasteiger partial charge on any atom is -0.516 e. The zero-order valence-electron chi connectivity index (χ0n) is 35.1. The van der Waals surface area contributed by atoms with E-state index in [0.717, 1.165) is 122 Å². The summed E-state index contributed by atoms with van der Waals surface area (Å²) in [6, 6.07) is 59.6. The molecule has 1 N–H and O–H groups in total. The summed E-state index contributed by atoms with van der Waals surface area (Å²) in [6.45, 7) is 5.92. The van der Waals surface area contributed by atoms with Gasteiger partial charge < -0.3 is 23.9 Å². The fourth-order valence-electron chi connectivity index (χ4n) is 7.63. The highest BCUT2D eigenvalue weighted by Crippen LogP contribution is 2.38. The van der Waals surface area contributed by atoms with Crippen molar-refractivity contribution in [3.05, 3.63) is 182 Å². The first-order chi connectivity index (χ1) is 30.1. The van der Waals surface area contributed by atoms with Crippen molar-refractivity contribution < 1.29 is 19.0 Å². The van der Waals surface area contributed by atoms with Crippen LogP contribution in [0.2, 0.25) is 0 Å². The topological polar surface area (TPSA) is 55.1 Å². The van der Waals surface area contributed by atoms with Gasteiger partial charge in [-0.3, -0.25) is 0 Å². The van der Waals surface area contributed by atoms with Crippen LogP contribution in [0.3, 0.4) is 0 Å². The van der Waals surface area contributed by atoms with Crippen molar-refractivity contribution in [3.8, 4) is 56.2 Å². The summed E-state index contributed by atoms with van der Waals surface area (Å²) < 4.78 is 18.1. The van der Waals surface area contributed by atoms with Crippen molar-refractivity contribution in [2.45, 2.75) is 52.4 Å². The Morgan fingerprint density at radius 2 is 0.852 bits per heavy atom. The minimum atomic E-state index is 0.753. The molecule has 0 aliphatic rings. The first-order valence-corrected chi connectivity index (χ1v) is 21.6. The summed E-state index contributed by atoms with van der Waals surface area (Å²) in [7, 11) is 0. The number of nitrogens with zero attached hydrogens (tertiary/aromatic N) is 1. The lowest BCUT2D eigenvalue weighted by Crippen LogP contribution is -2.09. The lowest BCUT2D eigenvalue weighted by atomic mass is 10.0. The van der Waals surface area contributed by atoms with Crippen molar-refractivity contribution in [2.75, 3.05) is 18.1 Å². The summed E-state index contributed by atoms with van der Waals surface area (Å²) in [5.74, 6) is 2.63. The Bertz CT molecular complexity index is 2520. The number of aliphatic hydroxyl groups is 1. The van der Waals surface area contributed by atoms with Gasteiger partial charge in [0, 0.05) is 28.0 Å². The molecular formula is C56H53NO4. The van der Waals surface area contributed by atoms with Crippen LogP contribution in [-0.4, -0.2) is 18.3 Å². The van der Waals surface area contributed by atoms with E-state index < -0.39 is 0 Å². The molecule has 0 fully saturated rings. The average Bonchev–Trinajstić information content (AvgIpc) is 3.75. The maximum atomic E-state index is 9.18. The predicted octanol–water partition coefficient (Wildman–Crippen LogP) is 16.2. The molecule has 7 aromatic carbocycles. The number of hydrogen-bond acceptors (Lipinski definition) is 5. The highest BCUT2D eigenvalue weighted by atomic mass is 16.5. The van der Waals surface area contributed by atoms with Crippen molar-refractivity contribution in [1.82, 2.24) is 0 Å². The quantitative estimate of drug-likeness (QED) is 0.0692. The lowest BCUT2D eigenvalue weighted by Gasteiger charge is -2.26. The average molecular weight is 804 g/mol. The molecule has 1 aromatic heterocycles. The zero-order valence-corrected chi connectivity index (χ0v) is 35.1. The number of benzene rings is 7. The molecule has 0 atom stereocenters. The summed E-state index contributed by atoms with van der Waals surface area (Å²) in [5.41, 5.74) is 12.7. The van der Waals surface area contributed by atoms with Crippen LogP contribution in [0.1, 0.15) is 57.9 Å². The molecule has 61 heavy (non-hydrogen) atoms. The monoisotopic (exact) mass is 803 g/mol. The van der Waals surface area contributed by atoms with Crippen LogP contribution in [0.15, 0.2) is 181 Å². The molecule has 306 valence electrons. The Balaban J connectivity index is 1.04. The maximum Gasteiger partial charge on any atom is 0.135 e. The van der Waals surface area contributed by atoms with Crippen molar-refractivity contribution in [3.63, 3.8) is 0 Å². The van der Waals surface area contributed by atoms with Crippen LogP contribution in [-0.2, 0) is 0 Å². The van der Waals surface area contributed by atoms with Crippen LogP contribution < -0.4 is 14.4 Å². The number of fused-ring (bicyclic) bond motifs is 1. The molecule has 8 rings (SSSR count). The van der Waals surface area contributed by atoms with E-state index in [2.05, 4.69) is 170 Å². The second-order valence-electron chi connectivity index (χ2n) is 15.4.